The number of halogens is 3. The number of nitrogens with zero attached hydrogens (tertiary/aromatic N) is 1. The van der Waals surface area contributed by atoms with E-state index in [0.29, 0.717) is 4.90 Å². The van der Waals surface area contributed by atoms with Crippen LogP contribution in [0.15, 0.2) is 0 Å². The van der Waals surface area contributed by atoms with Crippen molar-refractivity contribution in [2.75, 3.05) is 6.54 Å². The summed E-state index contributed by atoms with van der Waals surface area (Å²) in [6.07, 6.45) is -4.50. The molecule has 1 saturated heterocycles. The van der Waals surface area contributed by atoms with Crippen LogP contribution in [0.4, 0.5) is 13.2 Å². The predicted molar refractivity (Wildman–Crippen MR) is 54.0 cm³/mol. The Morgan fingerprint density at radius 1 is 1.35 bits per heavy atom. The highest BCUT2D eigenvalue weighted by Crippen LogP contribution is 2.22. The standard InChI is InChI=1S/C10H15F3N2O2/c1-5(2)7-9(17)15(4-10(11,12)13)6(3)8(16)14-7/h5-7H,4H2,1-3H3,(H,14,16). The average molecular weight is 252 g/mol. The van der Waals surface area contributed by atoms with E-state index in [1.54, 1.807) is 13.8 Å². The van der Waals surface area contributed by atoms with Crippen molar-refractivity contribution in [2.45, 2.75) is 39.0 Å². The molecule has 1 aliphatic heterocycles. The van der Waals surface area contributed by atoms with E-state index in [1.807, 2.05) is 0 Å². The highest BCUT2D eigenvalue weighted by atomic mass is 19.4. The molecular weight excluding hydrogens is 237 g/mol. The van der Waals surface area contributed by atoms with Gasteiger partial charge in [-0.2, -0.15) is 13.2 Å². The molecule has 4 nitrogen and oxygen atoms in total. The normalized spacial score (nSPS) is 26.4. The summed E-state index contributed by atoms with van der Waals surface area (Å²) >= 11 is 0. The second-order valence-electron chi connectivity index (χ2n) is 4.49. The third-order valence-corrected chi connectivity index (χ3v) is 2.71. The Kier molecular flexibility index (Phi) is 3.68. The van der Waals surface area contributed by atoms with Gasteiger partial charge in [0.05, 0.1) is 0 Å². The van der Waals surface area contributed by atoms with Crippen LogP contribution in [0.3, 0.4) is 0 Å². The maximum absolute atomic E-state index is 12.3. The van der Waals surface area contributed by atoms with Crippen molar-refractivity contribution in [1.29, 1.82) is 0 Å². The molecule has 0 aromatic heterocycles. The zero-order valence-electron chi connectivity index (χ0n) is 9.84. The number of amides is 2. The molecule has 17 heavy (non-hydrogen) atoms. The first kappa shape index (κ1) is 13.8. The average Bonchev–Trinajstić information content (AvgIpc) is 2.16. The highest BCUT2D eigenvalue weighted by molar-refractivity contribution is 5.96. The van der Waals surface area contributed by atoms with Crippen molar-refractivity contribution in [1.82, 2.24) is 10.2 Å². The Morgan fingerprint density at radius 3 is 2.29 bits per heavy atom. The van der Waals surface area contributed by atoms with E-state index in [4.69, 9.17) is 0 Å². The summed E-state index contributed by atoms with van der Waals surface area (Å²) in [5, 5.41) is 2.43. The molecule has 0 aromatic rings. The van der Waals surface area contributed by atoms with Crippen LogP contribution in [0.5, 0.6) is 0 Å². The second-order valence-corrected chi connectivity index (χ2v) is 4.49. The number of carbonyl (C=O) groups is 2. The van der Waals surface area contributed by atoms with Gasteiger partial charge in [-0.15, -0.1) is 0 Å². The van der Waals surface area contributed by atoms with Crippen molar-refractivity contribution in [3.8, 4) is 0 Å². The monoisotopic (exact) mass is 252 g/mol. The molecule has 1 N–H and O–H groups in total. The molecule has 1 heterocycles. The number of hydrogen-bond acceptors (Lipinski definition) is 2. The Hall–Kier alpha value is -1.27. The third kappa shape index (κ3) is 3.10. The summed E-state index contributed by atoms with van der Waals surface area (Å²) in [7, 11) is 0. The number of piperazine rings is 1. The van der Waals surface area contributed by atoms with Gasteiger partial charge >= 0.3 is 6.18 Å². The van der Waals surface area contributed by atoms with E-state index >= 15 is 0 Å². The molecule has 1 fully saturated rings. The van der Waals surface area contributed by atoms with Crippen LogP contribution in [-0.4, -0.2) is 41.5 Å². The maximum Gasteiger partial charge on any atom is 0.406 e. The van der Waals surface area contributed by atoms with Crippen LogP contribution < -0.4 is 5.32 Å². The smallest absolute Gasteiger partial charge is 0.342 e. The van der Waals surface area contributed by atoms with E-state index in [0.717, 1.165) is 0 Å². The SMILES string of the molecule is CC(C)C1NC(=O)C(C)N(CC(F)(F)F)C1=O. The van der Waals surface area contributed by atoms with Gasteiger partial charge in [0, 0.05) is 0 Å². The molecule has 1 rings (SSSR count). The molecular formula is C10H15F3N2O2. The number of hydrogen-bond donors (Lipinski definition) is 1. The molecule has 0 saturated carbocycles. The fourth-order valence-corrected chi connectivity index (χ4v) is 1.71. The van der Waals surface area contributed by atoms with Crippen molar-refractivity contribution in [2.24, 2.45) is 5.92 Å². The molecule has 2 amide bonds. The van der Waals surface area contributed by atoms with Gasteiger partial charge in [0.2, 0.25) is 11.8 Å². The van der Waals surface area contributed by atoms with E-state index in [-0.39, 0.29) is 5.92 Å². The summed E-state index contributed by atoms with van der Waals surface area (Å²) < 4.78 is 36.9. The Morgan fingerprint density at radius 2 is 1.88 bits per heavy atom. The third-order valence-electron chi connectivity index (χ3n) is 2.71. The van der Waals surface area contributed by atoms with E-state index < -0.39 is 36.6 Å². The van der Waals surface area contributed by atoms with Gasteiger partial charge in [0.15, 0.2) is 0 Å². The topological polar surface area (TPSA) is 49.4 Å². The van der Waals surface area contributed by atoms with Crippen molar-refractivity contribution in [3.05, 3.63) is 0 Å². The molecule has 0 aliphatic carbocycles. The Bertz CT molecular complexity index is 328. The fourth-order valence-electron chi connectivity index (χ4n) is 1.71. The fraction of sp³-hybridized carbons (Fsp3) is 0.800. The van der Waals surface area contributed by atoms with Crippen LogP contribution in [0, 0.1) is 5.92 Å². The summed E-state index contributed by atoms with van der Waals surface area (Å²) in [5.74, 6) is -1.47. The van der Waals surface area contributed by atoms with E-state index in [2.05, 4.69) is 5.32 Å². The lowest BCUT2D eigenvalue weighted by molar-refractivity contribution is -0.174. The van der Waals surface area contributed by atoms with Gasteiger partial charge in [-0.05, 0) is 12.8 Å². The Labute approximate surface area is 97.1 Å². The van der Waals surface area contributed by atoms with Crippen LogP contribution in [-0.2, 0) is 9.59 Å². The molecule has 7 heteroatoms. The van der Waals surface area contributed by atoms with Crippen molar-refractivity contribution in [3.63, 3.8) is 0 Å². The zero-order chi connectivity index (χ0) is 13.4. The minimum atomic E-state index is -4.50. The van der Waals surface area contributed by atoms with Gasteiger partial charge < -0.3 is 10.2 Å². The summed E-state index contributed by atoms with van der Waals surface area (Å²) in [6.45, 7) is 3.24. The summed E-state index contributed by atoms with van der Waals surface area (Å²) in [6, 6.07) is -1.96. The zero-order valence-corrected chi connectivity index (χ0v) is 9.84. The summed E-state index contributed by atoms with van der Waals surface area (Å²) in [5.41, 5.74) is 0. The number of alkyl halides is 3. The first-order valence-electron chi connectivity index (χ1n) is 5.31. The van der Waals surface area contributed by atoms with Crippen molar-refractivity contribution >= 4 is 11.8 Å². The van der Waals surface area contributed by atoms with Gasteiger partial charge in [-0.3, -0.25) is 9.59 Å². The van der Waals surface area contributed by atoms with E-state index in [1.165, 1.54) is 6.92 Å². The van der Waals surface area contributed by atoms with Gasteiger partial charge in [-0.1, -0.05) is 13.8 Å². The van der Waals surface area contributed by atoms with Crippen LogP contribution in [0.1, 0.15) is 20.8 Å². The second kappa shape index (κ2) is 4.54. The summed E-state index contributed by atoms with van der Waals surface area (Å²) in [4.78, 5) is 23.9. The number of rotatable bonds is 2. The van der Waals surface area contributed by atoms with Crippen LogP contribution in [0.25, 0.3) is 0 Å². The minimum Gasteiger partial charge on any atom is -0.342 e. The Balaban J connectivity index is 2.92. The van der Waals surface area contributed by atoms with Crippen LogP contribution >= 0.6 is 0 Å². The van der Waals surface area contributed by atoms with Gasteiger partial charge in [0.1, 0.15) is 18.6 Å². The highest BCUT2D eigenvalue weighted by Gasteiger charge is 2.44. The molecule has 2 unspecified atom stereocenters. The first-order chi connectivity index (χ1) is 7.63. The molecule has 98 valence electrons. The molecule has 0 radical (unpaired) electrons. The molecule has 0 aromatic carbocycles. The first-order valence-corrected chi connectivity index (χ1v) is 5.31. The van der Waals surface area contributed by atoms with Gasteiger partial charge in [-0.25, -0.2) is 0 Å². The number of nitrogens with one attached hydrogen (secondary N) is 1. The molecule has 2 atom stereocenters. The van der Waals surface area contributed by atoms with Gasteiger partial charge in [0.25, 0.3) is 0 Å². The van der Waals surface area contributed by atoms with E-state index in [9.17, 15) is 22.8 Å². The lowest BCUT2D eigenvalue weighted by atomic mass is 9.98. The maximum atomic E-state index is 12.3. The minimum absolute atomic E-state index is 0.241. The lowest BCUT2D eigenvalue weighted by Crippen LogP contribution is -2.65. The largest absolute Gasteiger partial charge is 0.406 e. The quantitative estimate of drug-likeness (QED) is 0.794. The predicted octanol–water partition coefficient (Wildman–Crippen LogP) is 0.920. The molecule has 0 bridgehead atoms. The van der Waals surface area contributed by atoms with Crippen molar-refractivity contribution < 1.29 is 22.8 Å². The lowest BCUT2D eigenvalue weighted by Gasteiger charge is -2.39. The van der Waals surface area contributed by atoms with Crippen LogP contribution in [0.2, 0.25) is 0 Å². The molecule has 1 aliphatic rings. The number of carbonyl (C=O) groups excluding carboxylic acids is 2. The molecule has 0 spiro atoms.